The van der Waals surface area contributed by atoms with Gasteiger partial charge in [-0.15, -0.1) is 0 Å². The third kappa shape index (κ3) is 3.48. The van der Waals surface area contributed by atoms with Crippen molar-refractivity contribution in [1.82, 2.24) is 9.78 Å². The van der Waals surface area contributed by atoms with E-state index in [0.29, 0.717) is 16.4 Å². The number of halogens is 5. The van der Waals surface area contributed by atoms with Crippen molar-refractivity contribution in [3.63, 3.8) is 0 Å². The van der Waals surface area contributed by atoms with Crippen LogP contribution in [0.15, 0.2) is 24.4 Å². The average molecular weight is 379 g/mol. The number of nitro groups is 1. The number of aromatic carboxylic acids is 1. The maximum atomic E-state index is 13.5. The van der Waals surface area contributed by atoms with Gasteiger partial charge >= 0.3 is 18.1 Å². The van der Waals surface area contributed by atoms with E-state index >= 15 is 0 Å². The van der Waals surface area contributed by atoms with E-state index in [0.717, 1.165) is 6.07 Å². The molecule has 0 aliphatic heterocycles. The third-order valence-corrected chi connectivity index (χ3v) is 3.45. The molecule has 1 aromatic carbocycles. The minimum absolute atomic E-state index is 0.204. The van der Waals surface area contributed by atoms with Gasteiger partial charge in [-0.05, 0) is 18.6 Å². The van der Waals surface area contributed by atoms with Crippen LogP contribution in [0.5, 0.6) is 0 Å². The molecule has 0 aliphatic rings. The van der Waals surface area contributed by atoms with Crippen LogP contribution in [0.4, 0.5) is 27.6 Å². The molecular weight excluding hydrogens is 369 g/mol. The van der Waals surface area contributed by atoms with Crippen LogP contribution in [0, 0.1) is 17.0 Å². The summed E-state index contributed by atoms with van der Waals surface area (Å²) in [6.45, 7) is 1.06. The molecule has 26 heavy (non-hydrogen) atoms. The lowest BCUT2D eigenvalue weighted by Crippen LogP contribution is -2.35. The van der Waals surface area contributed by atoms with Gasteiger partial charge < -0.3 is 5.11 Å². The summed E-state index contributed by atoms with van der Waals surface area (Å²) in [5.41, 5.74) is -2.87. The SMILES string of the molecule is Cc1cc(Cn2cc(C(=O)O)c(C(F)(F)C(F)(F)F)n2)ccc1[N+](=O)[O-]. The van der Waals surface area contributed by atoms with Crippen LogP contribution in [0.3, 0.4) is 0 Å². The van der Waals surface area contributed by atoms with Crippen LogP contribution in [0.25, 0.3) is 0 Å². The van der Waals surface area contributed by atoms with Gasteiger partial charge in [0.1, 0.15) is 5.56 Å². The number of carbonyl (C=O) groups is 1. The summed E-state index contributed by atoms with van der Waals surface area (Å²) < 4.78 is 65.2. The summed E-state index contributed by atoms with van der Waals surface area (Å²) in [4.78, 5) is 21.1. The largest absolute Gasteiger partial charge is 0.478 e. The molecule has 1 aromatic heterocycles. The average Bonchev–Trinajstić information content (AvgIpc) is 2.90. The number of rotatable bonds is 5. The second-order valence-corrected chi connectivity index (χ2v) is 5.34. The summed E-state index contributed by atoms with van der Waals surface area (Å²) in [6, 6.07) is 3.72. The highest BCUT2D eigenvalue weighted by atomic mass is 19.4. The van der Waals surface area contributed by atoms with Crippen molar-refractivity contribution in [2.75, 3.05) is 0 Å². The quantitative estimate of drug-likeness (QED) is 0.487. The van der Waals surface area contributed by atoms with E-state index in [2.05, 4.69) is 5.10 Å². The normalized spacial score (nSPS) is 12.2. The number of carboxylic acids is 1. The molecule has 0 unspecified atom stereocenters. The highest BCUT2D eigenvalue weighted by molar-refractivity contribution is 5.89. The molecule has 0 aliphatic carbocycles. The van der Waals surface area contributed by atoms with E-state index in [1.807, 2.05) is 0 Å². The zero-order valence-electron chi connectivity index (χ0n) is 12.9. The lowest BCUT2D eigenvalue weighted by atomic mass is 10.1. The standard InChI is InChI=1S/C14H10F5N3O4/c1-7-4-8(2-3-10(7)22(25)26)5-21-6-9(12(23)24)11(20-21)13(15,16)14(17,18)19/h2-4,6H,5H2,1H3,(H,23,24). The summed E-state index contributed by atoms with van der Waals surface area (Å²) in [5, 5.41) is 22.7. The first kappa shape index (κ1) is 19.3. The first-order chi connectivity index (χ1) is 11.8. The molecule has 140 valence electrons. The zero-order chi connectivity index (χ0) is 19.9. The van der Waals surface area contributed by atoms with E-state index in [4.69, 9.17) is 5.11 Å². The van der Waals surface area contributed by atoms with E-state index in [-0.39, 0.29) is 17.8 Å². The summed E-state index contributed by atoms with van der Waals surface area (Å²) >= 11 is 0. The molecule has 2 aromatic rings. The van der Waals surface area contributed by atoms with Crippen LogP contribution in [-0.4, -0.2) is 32.0 Å². The molecule has 12 heteroatoms. The second-order valence-electron chi connectivity index (χ2n) is 5.34. The van der Waals surface area contributed by atoms with Crippen LogP contribution < -0.4 is 0 Å². The van der Waals surface area contributed by atoms with Gasteiger partial charge in [-0.2, -0.15) is 27.1 Å². The molecule has 2 rings (SSSR count). The minimum atomic E-state index is -6.01. The molecule has 0 saturated carbocycles. The first-order valence-corrected chi connectivity index (χ1v) is 6.84. The lowest BCUT2D eigenvalue weighted by Gasteiger charge is -2.17. The van der Waals surface area contributed by atoms with Gasteiger partial charge in [0.15, 0.2) is 5.69 Å². The van der Waals surface area contributed by atoms with Crippen LogP contribution in [-0.2, 0) is 12.5 Å². The molecule has 1 N–H and O–H groups in total. The first-order valence-electron chi connectivity index (χ1n) is 6.84. The van der Waals surface area contributed by atoms with Crippen molar-refractivity contribution >= 4 is 11.7 Å². The Morgan fingerprint density at radius 1 is 1.31 bits per heavy atom. The molecule has 0 bridgehead atoms. The Hall–Kier alpha value is -3.05. The number of aryl methyl sites for hydroxylation is 1. The van der Waals surface area contributed by atoms with Gasteiger partial charge in [-0.1, -0.05) is 6.07 Å². The third-order valence-electron chi connectivity index (χ3n) is 3.45. The molecule has 0 fully saturated rings. The highest BCUT2D eigenvalue weighted by Gasteiger charge is 2.62. The van der Waals surface area contributed by atoms with Gasteiger partial charge in [0.25, 0.3) is 5.69 Å². The number of benzene rings is 1. The fourth-order valence-corrected chi connectivity index (χ4v) is 2.23. The molecule has 0 spiro atoms. The Kier molecular flexibility index (Phi) is 4.71. The van der Waals surface area contributed by atoms with Crippen molar-refractivity contribution < 1.29 is 36.8 Å². The number of nitro benzene ring substituents is 1. The number of aromatic nitrogens is 2. The molecule has 0 atom stereocenters. The van der Waals surface area contributed by atoms with Crippen LogP contribution in [0.2, 0.25) is 0 Å². The second kappa shape index (κ2) is 6.35. The summed E-state index contributed by atoms with van der Waals surface area (Å²) in [7, 11) is 0. The maximum Gasteiger partial charge on any atom is 0.459 e. The molecular formula is C14H10F5N3O4. The van der Waals surface area contributed by atoms with E-state index in [1.165, 1.54) is 19.1 Å². The van der Waals surface area contributed by atoms with Crippen LogP contribution >= 0.6 is 0 Å². The van der Waals surface area contributed by atoms with E-state index in [1.54, 1.807) is 0 Å². The summed E-state index contributed by atoms with van der Waals surface area (Å²) in [6.07, 6.45) is -5.46. The van der Waals surface area contributed by atoms with Crippen molar-refractivity contribution in [3.05, 3.63) is 56.9 Å². The smallest absolute Gasteiger partial charge is 0.459 e. The predicted octanol–water partition coefficient (Wildman–Crippen LogP) is 3.50. The number of hydrogen-bond donors (Lipinski definition) is 1. The van der Waals surface area contributed by atoms with Gasteiger partial charge in [-0.3, -0.25) is 14.8 Å². The molecule has 0 amide bonds. The topological polar surface area (TPSA) is 98.3 Å². The van der Waals surface area contributed by atoms with Gasteiger partial charge in [-0.25, -0.2) is 4.79 Å². The monoisotopic (exact) mass is 379 g/mol. The Morgan fingerprint density at radius 2 is 1.92 bits per heavy atom. The fourth-order valence-electron chi connectivity index (χ4n) is 2.23. The summed E-state index contributed by atoms with van der Waals surface area (Å²) in [5.74, 6) is -7.44. The lowest BCUT2D eigenvalue weighted by molar-refractivity contribution is -0.385. The van der Waals surface area contributed by atoms with Gasteiger partial charge in [0, 0.05) is 17.8 Å². The molecule has 0 radical (unpaired) electrons. The van der Waals surface area contributed by atoms with E-state index in [9.17, 15) is 36.9 Å². The van der Waals surface area contributed by atoms with Crippen molar-refractivity contribution in [2.45, 2.75) is 25.6 Å². The highest BCUT2D eigenvalue weighted by Crippen LogP contribution is 2.44. The van der Waals surface area contributed by atoms with Crippen molar-refractivity contribution in [2.24, 2.45) is 0 Å². The fraction of sp³-hybridized carbons (Fsp3) is 0.286. The minimum Gasteiger partial charge on any atom is -0.478 e. The Balaban J connectivity index is 2.44. The van der Waals surface area contributed by atoms with Gasteiger partial charge in [0.05, 0.1) is 11.5 Å². The van der Waals surface area contributed by atoms with Crippen molar-refractivity contribution in [3.8, 4) is 0 Å². The predicted molar refractivity (Wildman–Crippen MR) is 76.1 cm³/mol. The number of carboxylic acid groups (broad SMARTS) is 1. The number of alkyl halides is 5. The Bertz CT molecular complexity index is 876. The zero-order valence-corrected chi connectivity index (χ0v) is 12.9. The molecule has 7 nitrogen and oxygen atoms in total. The Labute approximate surface area is 141 Å². The van der Waals surface area contributed by atoms with Crippen molar-refractivity contribution in [1.29, 1.82) is 0 Å². The molecule has 1 heterocycles. The van der Waals surface area contributed by atoms with E-state index < -0.39 is 34.2 Å². The van der Waals surface area contributed by atoms with Gasteiger partial charge in [0.2, 0.25) is 0 Å². The maximum absolute atomic E-state index is 13.5. The van der Waals surface area contributed by atoms with Crippen LogP contribution in [0.1, 0.15) is 27.2 Å². The number of hydrogen-bond acceptors (Lipinski definition) is 4. The molecule has 0 saturated heterocycles. The number of nitrogens with zero attached hydrogens (tertiary/aromatic N) is 3. The Morgan fingerprint density at radius 3 is 2.38 bits per heavy atom.